The first-order valence-corrected chi connectivity index (χ1v) is 4.96. The number of hydrogen-bond acceptors (Lipinski definition) is 2. The standard InChI is InChI=1S/C12H21NO/c1-6-12(7-8-13(4)5)10(2)9-11(3)14/h6,9H,7-8H2,1-5H3/b10-9-,12-6-. The van der Waals surface area contributed by atoms with Gasteiger partial charge in [-0.15, -0.1) is 0 Å². The summed E-state index contributed by atoms with van der Waals surface area (Å²) in [5, 5.41) is 0. The lowest BCUT2D eigenvalue weighted by molar-refractivity contribution is -0.112. The zero-order chi connectivity index (χ0) is 11.1. The molecule has 0 heterocycles. The molecule has 0 fully saturated rings. The van der Waals surface area contributed by atoms with E-state index in [4.69, 9.17) is 0 Å². The number of ketones is 1. The van der Waals surface area contributed by atoms with Gasteiger partial charge in [-0.25, -0.2) is 0 Å². The Balaban J connectivity index is 4.36. The second-order valence-electron chi connectivity index (χ2n) is 3.81. The van der Waals surface area contributed by atoms with Crippen LogP contribution in [0.2, 0.25) is 0 Å². The van der Waals surface area contributed by atoms with Gasteiger partial charge in [-0.2, -0.15) is 0 Å². The normalized spacial score (nSPS) is 13.6. The average molecular weight is 195 g/mol. The van der Waals surface area contributed by atoms with Crippen LogP contribution in [0.1, 0.15) is 27.2 Å². The van der Waals surface area contributed by atoms with Gasteiger partial charge in [0.2, 0.25) is 0 Å². The van der Waals surface area contributed by atoms with Crippen molar-refractivity contribution in [3.63, 3.8) is 0 Å². The van der Waals surface area contributed by atoms with E-state index in [2.05, 4.69) is 25.1 Å². The molecule has 0 spiro atoms. The summed E-state index contributed by atoms with van der Waals surface area (Å²) in [7, 11) is 4.11. The van der Waals surface area contributed by atoms with E-state index >= 15 is 0 Å². The van der Waals surface area contributed by atoms with Crippen LogP contribution in [0.25, 0.3) is 0 Å². The van der Waals surface area contributed by atoms with E-state index in [0.717, 1.165) is 18.5 Å². The van der Waals surface area contributed by atoms with E-state index < -0.39 is 0 Å². The molecule has 0 aromatic heterocycles. The zero-order valence-corrected chi connectivity index (χ0v) is 9.92. The molecule has 0 radical (unpaired) electrons. The Hall–Kier alpha value is -0.890. The zero-order valence-electron chi connectivity index (χ0n) is 9.92. The second kappa shape index (κ2) is 6.55. The second-order valence-corrected chi connectivity index (χ2v) is 3.81. The van der Waals surface area contributed by atoms with Gasteiger partial charge in [0.25, 0.3) is 0 Å². The van der Waals surface area contributed by atoms with Crippen LogP contribution in [-0.2, 0) is 4.79 Å². The Morgan fingerprint density at radius 1 is 1.29 bits per heavy atom. The summed E-state index contributed by atoms with van der Waals surface area (Å²) in [4.78, 5) is 13.0. The predicted octanol–water partition coefficient (Wildman–Crippen LogP) is 2.42. The van der Waals surface area contributed by atoms with Gasteiger partial charge in [0.15, 0.2) is 5.78 Å². The molecule has 0 aliphatic rings. The summed E-state index contributed by atoms with van der Waals surface area (Å²) in [6.45, 7) is 6.61. The minimum absolute atomic E-state index is 0.117. The minimum Gasteiger partial charge on any atom is -0.309 e. The summed E-state index contributed by atoms with van der Waals surface area (Å²) < 4.78 is 0. The van der Waals surface area contributed by atoms with Crippen molar-refractivity contribution >= 4 is 5.78 Å². The van der Waals surface area contributed by atoms with Crippen LogP contribution < -0.4 is 0 Å². The first kappa shape index (κ1) is 13.1. The van der Waals surface area contributed by atoms with Crippen molar-refractivity contribution in [2.45, 2.75) is 27.2 Å². The van der Waals surface area contributed by atoms with E-state index in [-0.39, 0.29) is 5.78 Å². The number of allylic oxidation sites excluding steroid dienone is 3. The first-order valence-electron chi connectivity index (χ1n) is 4.96. The molecule has 0 saturated carbocycles. The van der Waals surface area contributed by atoms with Crippen molar-refractivity contribution < 1.29 is 4.79 Å². The Morgan fingerprint density at radius 3 is 2.21 bits per heavy atom. The van der Waals surface area contributed by atoms with Gasteiger partial charge in [0, 0.05) is 6.54 Å². The van der Waals surface area contributed by atoms with Crippen molar-refractivity contribution in [1.29, 1.82) is 0 Å². The molecule has 0 aliphatic heterocycles. The molecule has 0 unspecified atom stereocenters. The van der Waals surface area contributed by atoms with E-state index in [1.807, 2.05) is 13.8 Å². The number of carbonyl (C=O) groups is 1. The molecule has 2 nitrogen and oxygen atoms in total. The number of hydrogen-bond donors (Lipinski definition) is 0. The lowest BCUT2D eigenvalue weighted by atomic mass is 10.0. The Morgan fingerprint density at radius 2 is 1.86 bits per heavy atom. The van der Waals surface area contributed by atoms with Crippen molar-refractivity contribution in [2.75, 3.05) is 20.6 Å². The highest BCUT2D eigenvalue weighted by Crippen LogP contribution is 2.13. The average Bonchev–Trinajstić information content (AvgIpc) is 2.03. The molecule has 2 heteroatoms. The molecular weight excluding hydrogens is 174 g/mol. The van der Waals surface area contributed by atoms with Crippen molar-refractivity contribution in [1.82, 2.24) is 4.90 Å². The molecule has 0 bridgehead atoms. The topological polar surface area (TPSA) is 20.3 Å². The fraction of sp³-hybridized carbons (Fsp3) is 0.583. The van der Waals surface area contributed by atoms with Crippen molar-refractivity contribution in [3.05, 3.63) is 23.3 Å². The number of carbonyl (C=O) groups excluding carboxylic acids is 1. The van der Waals surface area contributed by atoms with Gasteiger partial charge >= 0.3 is 0 Å². The van der Waals surface area contributed by atoms with Gasteiger partial charge in [0.1, 0.15) is 0 Å². The molecule has 0 rings (SSSR count). The van der Waals surface area contributed by atoms with Crippen LogP contribution in [0.4, 0.5) is 0 Å². The lowest BCUT2D eigenvalue weighted by Gasteiger charge is -2.12. The fourth-order valence-electron chi connectivity index (χ4n) is 1.31. The third-order valence-corrected chi connectivity index (χ3v) is 2.10. The largest absolute Gasteiger partial charge is 0.309 e. The summed E-state index contributed by atoms with van der Waals surface area (Å²) in [6.07, 6.45) is 4.78. The van der Waals surface area contributed by atoms with Crippen molar-refractivity contribution in [3.8, 4) is 0 Å². The highest BCUT2D eigenvalue weighted by molar-refractivity contribution is 5.88. The predicted molar refractivity (Wildman–Crippen MR) is 61.4 cm³/mol. The van der Waals surface area contributed by atoms with E-state index in [9.17, 15) is 4.79 Å². The molecule has 14 heavy (non-hydrogen) atoms. The Labute approximate surface area is 87.3 Å². The maximum absolute atomic E-state index is 10.9. The van der Waals surface area contributed by atoms with Crippen LogP contribution in [-0.4, -0.2) is 31.3 Å². The van der Waals surface area contributed by atoms with E-state index in [1.165, 1.54) is 5.57 Å². The SMILES string of the molecule is C/C=C(CCN(C)C)\C(C)=C/C(C)=O. The highest BCUT2D eigenvalue weighted by atomic mass is 16.1. The van der Waals surface area contributed by atoms with Crippen LogP contribution >= 0.6 is 0 Å². The Kier molecular flexibility index (Phi) is 6.13. The maximum Gasteiger partial charge on any atom is 0.152 e. The summed E-state index contributed by atoms with van der Waals surface area (Å²) in [6, 6.07) is 0. The van der Waals surface area contributed by atoms with Crippen LogP contribution in [0, 0.1) is 0 Å². The number of rotatable bonds is 5. The van der Waals surface area contributed by atoms with E-state index in [0.29, 0.717) is 0 Å². The molecular formula is C12H21NO. The van der Waals surface area contributed by atoms with E-state index in [1.54, 1.807) is 13.0 Å². The third kappa shape index (κ3) is 5.70. The van der Waals surface area contributed by atoms with Gasteiger partial charge < -0.3 is 4.90 Å². The van der Waals surface area contributed by atoms with Gasteiger partial charge in [0.05, 0.1) is 0 Å². The lowest BCUT2D eigenvalue weighted by Crippen LogP contribution is -2.13. The van der Waals surface area contributed by atoms with Gasteiger partial charge in [-0.1, -0.05) is 6.08 Å². The molecule has 0 atom stereocenters. The van der Waals surface area contributed by atoms with Crippen LogP contribution in [0.3, 0.4) is 0 Å². The van der Waals surface area contributed by atoms with Crippen LogP contribution in [0.5, 0.6) is 0 Å². The molecule has 0 amide bonds. The summed E-state index contributed by atoms with van der Waals surface area (Å²) >= 11 is 0. The van der Waals surface area contributed by atoms with Crippen LogP contribution in [0.15, 0.2) is 23.3 Å². The van der Waals surface area contributed by atoms with Crippen molar-refractivity contribution in [2.24, 2.45) is 0 Å². The highest BCUT2D eigenvalue weighted by Gasteiger charge is 2.01. The summed E-state index contributed by atoms with van der Waals surface area (Å²) in [5.41, 5.74) is 2.34. The van der Waals surface area contributed by atoms with Gasteiger partial charge in [-0.3, -0.25) is 4.79 Å². The molecule has 0 N–H and O–H groups in total. The minimum atomic E-state index is 0.117. The number of nitrogens with zero attached hydrogens (tertiary/aromatic N) is 1. The molecule has 0 aromatic carbocycles. The maximum atomic E-state index is 10.9. The quantitative estimate of drug-likeness (QED) is 0.496. The molecule has 80 valence electrons. The monoisotopic (exact) mass is 195 g/mol. The molecule has 0 saturated heterocycles. The molecule has 0 aromatic rings. The van der Waals surface area contributed by atoms with Gasteiger partial charge in [-0.05, 0) is 58.5 Å². The fourth-order valence-corrected chi connectivity index (χ4v) is 1.31. The third-order valence-electron chi connectivity index (χ3n) is 2.10. The molecule has 0 aliphatic carbocycles. The Bertz CT molecular complexity index is 249. The first-order chi connectivity index (χ1) is 6.47. The smallest absolute Gasteiger partial charge is 0.152 e. The summed E-state index contributed by atoms with van der Waals surface area (Å²) in [5.74, 6) is 0.117.